The summed E-state index contributed by atoms with van der Waals surface area (Å²) in [6, 6.07) is 9.13. The Kier molecular flexibility index (Phi) is 4.20. The predicted octanol–water partition coefficient (Wildman–Crippen LogP) is 2.41. The summed E-state index contributed by atoms with van der Waals surface area (Å²) in [5, 5.41) is 2.99. The van der Waals surface area contributed by atoms with Crippen LogP contribution in [0.5, 0.6) is 5.75 Å². The minimum absolute atomic E-state index is 0.129. The number of pyridine rings is 1. The molecule has 104 valence electrons. The Morgan fingerprint density at radius 3 is 2.85 bits per heavy atom. The van der Waals surface area contributed by atoms with Crippen molar-refractivity contribution in [2.24, 2.45) is 0 Å². The average Bonchev–Trinajstić information content (AvgIpc) is 2.53. The van der Waals surface area contributed by atoms with E-state index in [1.807, 2.05) is 24.3 Å². The molecular weight excluding hydrogens is 254 g/mol. The number of nitrogens with one attached hydrogen (secondary N) is 1. The number of methoxy groups -OCH3 is 1. The first-order valence-corrected chi connectivity index (χ1v) is 6.21. The number of hydrogen-bond donors (Lipinski definition) is 1. The molecule has 0 aliphatic carbocycles. The number of carbonyl (C=O) groups is 1. The lowest BCUT2D eigenvalue weighted by molar-refractivity contribution is 0.0993. The van der Waals surface area contributed by atoms with Gasteiger partial charge >= 0.3 is 0 Å². The van der Waals surface area contributed by atoms with Crippen LogP contribution in [0.3, 0.4) is 0 Å². The molecule has 2 rings (SSSR count). The number of amides is 1. The number of ether oxygens (including phenoxy) is 1. The largest absolute Gasteiger partial charge is 0.497 e. The van der Waals surface area contributed by atoms with Crippen LogP contribution < -0.4 is 15.0 Å². The average molecular weight is 271 g/mol. The van der Waals surface area contributed by atoms with Gasteiger partial charge in [0.15, 0.2) is 0 Å². The molecule has 1 heterocycles. The van der Waals surface area contributed by atoms with Crippen LogP contribution in [0.1, 0.15) is 10.4 Å². The molecule has 0 bridgehead atoms. The van der Waals surface area contributed by atoms with Gasteiger partial charge < -0.3 is 15.0 Å². The van der Waals surface area contributed by atoms with Gasteiger partial charge in [-0.05, 0) is 18.2 Å². The van der Waals surface area contributed by atoms with Crippen LogP contribution in [0.15, 0.2) is 42.7 Å². The third-order valence-corrected chi connectivity index (χ3v) is 3.07. The van der Waals surface area contributed by atoms with E-state index in [-0.39, 0.29) is 5.91 Å². The summed E-state index contributed by atoms with van der Waals surface area (Å²) in [4.78, 5) is 18.1. The highest BCUT2D eigenvalue weighted by Crippen LogP contribution is 2.23. The number of aromatic nitrogens is 1. The maximum atomic E-state index is 12.5. The molecule has 0 atom stereocenters. The molecule has 5 heteroatoms. The van der Waals surface area contributed by atoms with E-state index in [0.29, 0.717) is 11.3 Å². The highest BCUT2D eigenvalue weighted by Gasteiger charge is 2.17. The van der Waals surface area contributed by atoms with Crippen molar-refractivity contribution in [1.29, 1.82) is 0 Å². The SMILES string of the molecule is CNc1ccncc1C(=O)N(C)c1cccc(OC)c1. The number of carbonyl (C=O) groups excluding carboxylic acids is 1. The third kappa shape index (κ3) is 2.71. The minimum Gasteiger partial charge on any atom is -0.497 e. The number of benzene rings is 1. The minimum atomic E-state index is -0.129. The van der Waals surface area contributed by atoms with Crippen LogP contribution in [-0.4, -0.2) is 32.1 Å². The van der Waals surface area contributed by atoms with E-state index >= 15 is 0 Å². The summed E-state index contributed by atoms with van der Waals surface area (Å²) in [5.74, 6) is 0.581. The fraction of sp³-hybridized carbons (Fsp3) is 0.200. The van der Waals surface area contributed by atoms with E-state index in [9.17, 15) is 4.79 Å². The van der Waals surface area contributed by atoms with Crippen molar-refractivity contribution in [3.05, 3.63) is 48.3 Å². The fourth-order valence-corrected chi connectivity index (χ4v) is 1.90. The van der Waals surface area contributed by atoms with E-state index in [1.165, 1.54) is 0 Å². The van der Waals surface area contributed by atoms with Crippen molar-refractivity contribution in [1.82, 2.24) is 4.98 Å². The summed E-state index contributed by atoms with van der Waals surface area (Å²) in [5.41, 5.74) is 2.04. The third-order valence-electron chi connectivity index (χ3n) is 3.07. The normalized spacial score (nSPS) is 9.95. The molecule has 1 N–H and O–H groups in total. The first-order chi connectivity index (χ1) is 9.67. The molecule has 0 unspecified atom stereocenters. The highest BCUT2D eigenvalue weighted by molar-refractivity contribution is 6.09. The van der Waals surface area contributed by atoms with Gasteiger partial charge in [-0.25, -0.2) is 0 Å². The number of anilines is 2. The van der Waals surface area contributed by atoms with Crippen LogP contribution in [0.4, 0.5) is 11.4 Å². The molecule has 0 saturated carbocycles. The van der Waals surface area contributed by atoms with Gasteiger partial charge in [-0.2, -0.15) is 0 Å². The topological polar surface area (TPSA) is 54.5 Å². The van der Waals surface area contributed by atoms with Gasteiger partial charge in [-0.1, -0.05) is 6.07 Å². The van der Waals surface area contributed by atoms with Crippen molar-refractivity contribution < 1.29 is 9.53 Å². The van der Waals surface area contributed by atoms with E-state index in [0.717, 1.165) is 11.4 Å². The van der Waals surface area contributed by atoms with Gasteiger partial charge in [0, 0.05) is 43.9 Å². The van der Waals surface area contributed by atoms with Crippen molar-refractivity contribution in [3.63, 3.8) is 0 Å². The predicted molar refractivity (Wildman–Crippen MR) is 79.5 cm³/mol. The van der Waals surface area contributed by atoms with Crippen LogP contribution in [0.2, 0.25) is 0 Å². The second-order valence-electron chi connectivity index (χ2n) is 4.24. The van der Waals surface area contributed by atoms with E-state index in [4.69, 9.17) is 4.74 Å². The Morgan fingerprint density at radius 1 is 1.35 bits per heavy atom. The van der Waals surface area contributed by atoms with Crippen molar-refractivity contribution in [2.75, 3.05) is 31.4 Å². The van der Waals surface area contributed by atoms with Crippen molar-refractivity contribution >= 4 is 17.3 Å². The number of hydrogen-bond acceptors (Lipinski definition) is 4. The Hall–Kier alpha value is -2.56. The zero-order valence-corrected chi connectivity index (χ0v) is 11.8. The van der Waals surface area contributed by atoms with Gasteiger partial charge in [0.25, 0.3) is 5.91 Å². The first kappa shape index (κ1) is 13.9. The van der Waals surface area contributed by atoms with Crippen LogP contribution in [0, 0.1) is 0 Å². The lowest BCUT2D eigenvalue weighted by Gasteiger charge is -2.19. The van der Waals surface area contributed by atoms with Crippen LogP contribution in [-0.2, 0) is 0 Å². The molecule has 0 aliphatic heterocycles. The molecule has 1 amide bonds. The number of nitrogens with zero attached hydrogens (tertiary/aromatic N) is 2. The van der Waals surface area contributed by atoms with Gasteiger partial charge in [0.1, 0.15) is 5.75 Å². The molecule has 5 nitrogen and oxygen atoms in total. The molecular formula is C15H17N3O2. The summed E-state index contributed by atoms with van der Waals surface area (Å²) in [6.45, 7) is 0. The molecule has 20 heavy (non-hydrogen) atoms. The Bertz CT molecular complexity index is 614. The molecule has 0 saturated heterocycles. The smallest absolute Gasteiger partial charge is 0.261 e. The fourth-order valence-electron chi connectivity index (χ4n) is 1.90. The molecule has 0 spiro atoms. The second-order valence-corrected chi connectivity index (χ2v) is 4.24. The molecule has 0 fully saturated rings. The molecule has 1 aromatic carbocycles. The quantitative estimate of drug-likeness (QED) is 0.927. The standard InChI is InChI=1S/C15H17N3O2/c1-16-14-7-8-17-10-13(14)15(19)18(2)11-5-4-6-12(9-11)20-3/h4-10H,1-3H3,(H,16,17). The Morgan fingerprint density at radius 2 is 2.15 bits per heavy atom. The van der Waals surface area contributed by atoms with Gasteiger partial charge in [0.2, 0.25) is 0 Å². The summed E-state index contributed by atoms with van der Waals surface area (Å²) in [7, 11) is 5.10. The highest BCUT2D eigenvalue weighted by atomic mass is 16.5. The maximum Gasteiger partial charge on any atom is 0.261 e. The van der Waals surface area contributed by atoms with Crippen LogP contribution in [0.25, 0.3) is 0 Å². The summed E-state index contributed by atoms with van der Waals surface area (Å²) >= 11 is 0. The zero-order chi connectivity index (χ0) is 14.5. The molecule has 1 aromatic heterocycles. The van der Waals surface area contributed by atoms with Gasteiger partial charge in [-0.3, -0.25) is 9.78 Å². The summed E-state index contributed by atoms with van der Waals surface area (Å²) < 4.78 is 5.17. The second kappa shape index (κ2) is 6.06. The van der Waals surface area contributed by atoms with Crippen LogP contribution >= 0.6 is 0 Å². The van der Waals surface area contributed by atoms with Gasteiger partial charge in [-0.15, -0.1) is 0 Å². The van der Waals surface area contributed by atoms with Crippen molar-refractivity contribution in [3.8, 4) is 5.75 Å². The first-order valence-electron chi connectivity index (χ1n) is 6.21. The van der Waals surface area contributed by atoms with E-state index < -0.39 is 0 Å². The van der Waals surface area contributed by atoms with E-state index in [1.54, 1.807) is 44.6 Å². The van der Waals surface area contributed by atoms with Gasteiger partial charge in [0.05, 0.1) is 12.7 Å². The Balaban J connectivity index is 2.32. The Labute approximate surface area is 118 Å². The molecule has 0 aliphatic rings. The maximum absolute atomic E-state index is 12.5. The van der Waals surface area contributed by atoms with E-state index in [2.05, 4.69) is 10.3 Å². The lowest BCUT2D eigenvalue weighted by atomic mass is 10.2. The number of rotatable bonds is 4. The summed E-state index contributed by atoms with van der Waals surface area (Å²) in [6.07, 6.45) is 3.21. The lowest BCUT2D eigenvalue weighted by Crippen LogP contribution is -2.27. The molecule has 0 radical (unpaired) electrons. The monoisotopic (exact) mass is 271 g/mol. The molecule has 2 aromatic rings. The van der Waals surface area contributed by atoms with Crippen molar-refractivity contribution in [2.45, 2.75) is 0 Å². The zero-order valence-electron chi connectivity index (χ0n) is 11.8.